The maximum atomic E-state index is 12.7. The van der Waals surface area contributed by atoms with Gasteiger partial charge in [0, 0.05) is 23.0 Å². The molecule has 0 aliphatic rings. The van der Waals surface area contributed by atoms with Crippen molar-refractivity contribution >= 4 is 22.4 Å². The number of carbonyl (C=O) groups excluding carboxylic acids is 1. The molecule has 0 fully saturated rings. The molecule has 4 rings (SSSR count). The molecule has 8 heteroatoms. The normalized spacial score (nSPS) is 10.5. The zero-order valence-electron chi connectivity index (χ0n) is 17.0. The summed E-state index contributed by atoms with van der Waals surface area (Å²) >= 11 is 1.30. The van der Waals surface area contributed by atoms with E-state index in [-0.39, 0.29) is 5.91 Å². The summed E-state index contributed by atoms with van der Waals surface area (Å²) in [6, 6.07) is 18.7. The summed E-state index contributed by atoms with van der Waals surface area (Å²) in [5, 5.41) is 12.1. The van der Waals surface area contributed by atoms with Crippen LogP contribution in [-0.4, -0.2) is 28.2 Å². The molecule has 0 unspecified atom stereocenters. The first kappa shape index (κ1) is 20.5. The number of aromatic nitrogens is 3. The zero-order chi connectivity index (χ0) is 21.6. The number of carbonyl (C=O) groups is 1. The lowest BCUT2D eigenvalue weighted by Gasteiger charge is -2.12. The molecule has 2 aromatic heterocycles. The molecule has 1 N–H and O–H groups in total. The molecule has 31 heavy (non-hydrogen) atoms. The van der Waals surface area contributed by atoms with Crippen LogP contribution in [0, 0.1) is 6.92 Å². The fraction of sp³-hybridized carbons (Fsp3) is 0.130. The van der Waals surface area contributed by atoms with E-state index in [2.05, 4.69) is 20.5 Å². The van der Waals surface area contributed by atoms with Gasteiger partial charge in [0.2, 0.25) is 5.13 Å². The van der Waals surface area contributed by atoms with Gasteiger partial charge in [-0.1, -0.05) is 41.7 Å². The second-order valence-electron chi connectivity index (χ2n) is 6.69. The average Bonchev–Trinajstić information content (AvgIpc) is 3.26. The highest BCUT2D eigenvalue weighted by Crippen LogP contribution is 2.30. The molecule has 7 nitrogen and oxygen atoms in total. The first-order valence-electron chi connectivity index (χ1n) is 9.55. The van der Waals surface area contributed by atoms with Crippen molar-refractivity contribution in [1.82, 2.24) is 15.2 Å². The van der Waals surface area contributed by atoms with Gasteiger partial charge in [-0.25, -0.2) is 0 Å². The van der Waals surface area contributed by atoms with Crippen molar-refractivity contribution in [1.29, 1.82) is 0 Å². The standard InChI is InChI=1S/C23H20N4O3S/c1-15-12-18(10-11-24-15)22-26-27-23(31-22)25-21(28)17-8-9-19(20(13-17)29-2)30-14-16-6-4-3-5-7-16/h3-13H,14H2,1-2H3,(H,25,27,28). The number of amides is 1. The van der Waals surface area contributed by atoms with Crippen LogP contribution in [0.4, 0.5) is 5.13 Å². The largest absolute Gasteiger partial charge is 0.493 e. The van der Waals surface area contributed by atoms with Gasteiger partial charge < -0.3 is 9.47 Å². The van der Waals surface area contributed by atoms with Crippen LogP contribution >= 0.6 is 11.3 Å². The number of ether oxygens (including phenoxy) is 2. The number of rotatable bonds is 7. The molecule has 4 aromatic rings. The molecule has 0 spiro atoms. The molecule has 2 heterocycles. The van der Waals surface area contributed by atoms with E-state index in [1.807, 2.05) is 49.4 Å². The lowest BCUT2D eigenvalue weighted by molar-refractivity contribution is 0.102. The Morgan fingerprint density at radius 1 is 1.03 bits per heavy atom. The molecular weight excluding hydrogens is 412 g/mol. The summed E-state index contributed by atoms with van der Waals surface area (Å²) in [4.78, 5) is 16.9. The van der Waals surface area contributed by atoms with Crippen LogP contribution in [0.15, 0.2) is 66.9 Å². The Kier molecular flexibility index (Phi) is 6.18. The third-order valence-corrected chi connectivity index (χ3v) is 5.34. The summed E-state index contributed by atoms with van der Waals surface area (Å²) in [6.07, 6.45) is 1.72. The molecule has 0 radical (unpaired) electrons. The van der Waals surface area contributed by atoms with Crippen molar-refractivity contribution in [2.75, 3.05) is 12.4 Å². The number of methoxy groups -OCH3 is 1. The molecular formula is C23H20N4O3S. The molecule has 0 saturated carbocycles. The van der Waals surface area contributed by atoms with Crippen molar-refractivity contribution in [3.63, 3.8) is 0 Å². The average molecular weight is 433 g/mol. The molecule has 1 amide bonds. The van der Waals surface area contributed by atoms with Crippen molar-refractivity contribution in [2.24, 2.45) is 0 Å². The number of aryl methyl sites for hydroxylation is 1. The van der Waals surface area contributed by atoms with E-state index in [9.17, 15) is 4.79 Å². The van der Waals surface area contributed by atoms with Gasteiger partial charge in [-0.2, -0.15) is 0 Å². The number of benzene rings is 2. The third-order valence-electron chi connectivity index (χ3n) is 4.45. The van der Waals surface area contributed by atoms with Gasteiger partial charge in [0.1, 0.15) is 11.6 Å². The molecule has 0 bridgehead atoms. The Bertz CT molecular complexity index is 1190. The number of nitrogens with one attached hydrogen (secondary N) is 1. The highest BCUT2D eigenvalue weighted by atomic mass is 32.1. The molecule has 156 valence electrons. The maximum Gasteiger partial charge on any atom is 0.257 e. The highest BCUT2D eigenvalue weighted by molar-refractivity contribution is 7.18. The molecule has 0 aliphatic heterocycles. The SMILES string of the molecule is COc1cc(C(=O)Nc2nnc(-c3ccnc(C)c3)s2)ccc1OCc1ccccc1. The smallest absolute Gasteiger partial charge is 0.257 e. The van der Waals surface area contributed by atoms with Crippen LogP contribution < -0.4 is 14.8 Å². The van der Waals surface area contributed by atoms with Crippen molar-refractivity contribution in [3.05, 3.63) is 83.7 Å². The van der Waals surface area contributed by atoms with Crippen LogP contribution in [0.2, 0.25) is 0 Å². The van der Waals surface area contributed by atoms with Crippen LogP contribution in [-0.2, 0) is 6.61 Å². The summed E-state index contributed by atoms with van der Waals surface area (Å²) in [7, 11) is 1.54. The van der Waals surface area contributed by atoms with Gasteiger partial charge in [-0.3, -0.25) is 15.1 Å². The Hall–Kier alpha value is -3.78. The second kappa shape index (κ2) is 9.36. The van der Waals surface area contributed by atoms with Gasteiger partial charge >= 0.3 is 0 Å². The van der Waals surface area contributed by atoms with E-state index < -0.39 is 0 Å². The highest BCUT2D eigenvalue weighted by Gasteiger charge is 2.14. The molecule has 0 atom stereocenters. The number of pyridine rings is 1. The van der Waals surface area contributed by atoms with Gasteiger partial charge in [0.15, 0.2) is 11.5 Å². The van der Waals surface area contributed by atoms with Crippen LogP contribution in [0.3, 0.4) is 0 Å². The van der Waals surface area contributed by atoms with Crippen molar-refractivity contribution in [2.45, 2.75) is 13.5 Å². The molecule has 0 saturated heterocycles. The minimum absolute atomic E-state index is 0.304. The van der Waals surface area contributed by atoms with Crippen LogP contribution in [0.5, 0.6) is 11.5 Å². The first-order chi connectivity index (χ1) is 15.1. The Morgan fingerprint density at radius 3 is 2.65 bits per heavy atom. The van der Waals surface area contributed by atoms with Crippen molar-refractivity contribution in [3.8, 4) is 22.1 Å². The second-order valence-corrected chi connectivity index (χ2v) is 7.67. The maximum absolute atomic E-state index is 12.7. The quantitative estimate of drug-likeness (QED) is 0.454. The zero-order valence-corrected chi connectivity index (χ0v) is 17.8. The third kappa shape index (κ3) is 5.04. The number of nitrogens with zero attached hydrogens (tertiary/aromatic N) is 3. The Morgan fingerprint density at radius 2 is 1.87 bits per heavy atom. The van der Waals surface area contributed by atoms with Gasteiger partial charge in [0.25, 0.3) is 5.91 Å². The number of hydrogen-bond donors (Lipinski definition) is 1. The van der Waals surface area contributed by atoms with Crippen LogP contribution in [0.25, 0.3) is 10.6 Å². The lowest BCUT2D eigenvalue weighted by Crippen LogP contribution is -2.12. The van der Waals surface area contributed by atoms with E-state index in [4.69, 9.17) is 9.47 Å². The van der Waals surface area contributed by atoms with Crippen molar-refractivity contribution < 1.29 is 14.3 Å². The van der Waals surface area contributed by atoms with Gasteiger partial charge in [0.05, 0.1) is 7.11 Å². The summed E-state index contributed by atoms with van der Waals surface area (Å²) in [6.45, 7) is 2.32. The topological polar surface area (TPSA) is 86.2 Å². The van der Waals surface area contributed by atoms with Gasteiger partial charge in [-0.15, -0.1) is 10.2 Å². The Balaban J connectivity index is 1.45. The van der Waals surface area contributed by atoms with E-state index in [0.717, 1.165) is 16.8 Å². The monoisotopic (exact) mass is 432 g/mol. The summed E-state index contributed by atoms with van der Waals surface area (Å²) in [5.41, 5.74) is 3.27. The minimum Gasteiger partial charge on any atom is -0.493 e. The molecule has 0 aliphatic carbocycles. The lowest BCUT2D eigenvalue weighted by atomic mass is 10.2. The number of anilines is 1. The van der Waals surface area contributed by atoms with Crippen LogP contribution in [0.1, 0.15) is 21.6 Å². The van der Waals surface area contributed by atoms with E-state index in [0.29, 0.717) is 33.8 Å². The fourth-order valence-electron chi connectivity index (χ4n) is 2.90. The minimum atomic E-state index is -0.304. The fourth-order valence-corrected chi connectivity index (χ4v) is 3.64. The number of hydrogen-bond acceptors (Lipinski definition) is 7. The molecule has 2 aromatic carbocycles. The first-order valence-corrected chi connectivity index (χ1v) is 10.4. The predicted octanol–water partition coefficient (Wildman–Crippen LogP) is 4.75. The predicted molar refractivity (Wildman–Crippen MR) is 120 cm³/mol. The Labute approximate surface area is 183 Å². The van der Waals surface area contributed by atoms with Gasteiger partial charge in [-0.05, 0) is 42.8 Å². The van der Waals surface area contributed by atoms with E-state index in [1.165, 1.54) is 11.3 Å². The van der Waals surface area contributed by atoms with E-state index in [1.54, 1.807) is 31.5 Å². The summed E-state index contributed by atoms with van der Waals surface area (Å²) in [5.74, 6) is 0.740. The summed E-state index contributed by atoms with van der Waals surface area (Å²) < 4.78 is 11.3. The van der Waals surface area contributed by atoms with E-state index >= 15 is 0 Å².